The topological polar surface area (TPSA) is 29.1 Å². The summed E-state index contributed by atoms with van der Waals surface area (Å²) in [6, 6.07) is 4.65. The second-order valence-electron chi connectivity index (χ2n) is 5.24. The standard InChI is InChI=1S/C14H17BrF3NO/c1-13(2,7-8-15)19-12(20)9-10-3-5-11(6-4-10)14(16,17)18/h3-6H,7-9H2,1-2H3,(H,19,20). The van der Waals surface area contributed by atoms with Crippen LogP contribution in [-0.4, -0.2) is 16.8 Å². The van der Waals surface area contributed by atoms with Gasteiger partial charge in [0.1, 0.15) is 0 Å². The number of carbonyl (C=O) groups excluding carboxylic acids is 1. The maximum absolute atomic E-state index is 12.4. The van der Waals surface area contributed by atoms with Crippen LogP contribution in [0.3, 0.4) is 0 Å². The summed E-state index contributed by atoms with van der Waals surface area (Å²) in [7, 11) is 0. The van der Waals surface area contributed by atoms with E-state index in [2.05, 4.69) is 21.2 Å². The molecule has 112 valence electrons. The molecular weight excluding hydrogens is 335 g/mol. The molecule has 0 heterocycles. The number of alkyl halides is 4. The smallest absolute Gasteiger partial charge is 0.351 e. The summed E-state index contributed by atoms with van der Waals surface area (Å²) >= 11 is 3.31. The second kappa shape index (κ2) is 6.61. The predicted octanol–water partition coefficient (Wildman–Crippen LogP) is 3.93. The molecular formula is C14H17BrF3NO. The number of hydrogen-bond acceptors (Lipinski definition) is 1. The summed E-state index contributed by atoms with van der Waals surface area (Å²) in [4.78, 5) is 11.8. The molecule has 0 unspecified atom stereocenters. The summed E-state index contributed by atoms with van der Waals surface area (Å²) in [5.74, 6) is -0.198. The largest absolute Gasteiger partial charge is 0.416 e. The average molecular weight is 352 g/mol. The van der Waals surface area contributed by atoms with Gasteiger partial charge in [-0.05, 0) is 38.0 Å². The van der Waals surface area contributed by atoms with Gasteiger partial charge in [0.05, 0.1) is 12.0 Å². The minimum absolute atomic E-state index is 0.0733. The first-order valence-electron chi connectivity index (χ1n) is 6.17. The highest BCUT2D eigenvalue weighted by atomic mass is 79.9. The van der Waals surface area contributed by atoms with E-state index in [1.165, 1.54) is 12.1 Å². The fourth-order valence-electron chi connectivity index (χ4n) is 1.72. The summed E-state index contributed by atoms with van der Waals surface area (Å²) in [6.07, 6.45) is -3.51. The molecule has 0 radical (unpaired) electrons. The van der Waals surface area contributed by atoms with E-state index >= 15 is 0 Å². The van der Waals surface area contributed by atoms with Crippen LogP contribution >= 0.6 is 15.9 Å². The lowest BCUT2D eigenvalue weighted by molar-refractivity contribution is -0.137. The van der Waals surface area contributed by atoms with Gasteiger partial charge < -0.3 is 5.32 Å². The lowest BCUT2D eigenvalue weighted by Crippen LogP contribution is -2.44. The molecule has 2 nitrogen and oxygen atoms in total. The molecule has 0 saturated heterocycles. The average Bonchev–Trinajstić information content (AvgIpc) is 2.27. The van der Waals surface area contributed by atoms with Crippen LogP contribution < -0.4 is 5.32 Å². The van der Waals surface area contributed by atoms with Gasteiger partial charge in [-0.1, -0.05) is 28.1 Å². The van der Waals surface area contributed by atoms with Crippen molar-refractivity contribution in [3.63, 3.8) is 0 Å². The van der Waals surface area contributed by atoms with Crippen molar-refractivity contribution in [1.82, 2.24) is 5.32 Å². The molecule has 1 rings (SSSR count). The zero-order valence-electron chi connectivity index (χ0n) is 11.4. The molecule has 1 aromatic rings. The van der Waals surface area contributed by atoms with E-state index in [0.717, 1.165) is 23.9 Å². The molecule has 1 aromatic carbocycles. The zero-order chi connectivity index (χ0) is 15.4. The maximum Gasteiger partial charge on any atom is 0.416 e. The van der Waals surface area contributed by atoms with E-state index in [-0.39, 0.29) is 17.9 Å². The Balaban J connectivity index is 2.63. The summed E-state index contributed by atoms with van der Waals surface area (Å²) in [5.41, 5.74) is -0.488. The number of benzene rings is 1. The van der Waals surface area contributed by atoms with E-state index < -0.39 is 11.7 Å². The van der Waals surface area contributed by atoms with Crippen LogP contribution in [0.25, 0.3) is 0 Å². The van der Waals surface area contributed by atoms with Crippen LogP contribution in [0.4, 0.5) is 13.2 Å². The van der Waals surface area contributed by atoms with Crippen molar-refractivity contribution in [2.24, 2.45) is 0 Å². The molecule has 0 aliphatic rings. The van der Waals surface area contributed by atoms with Gasteiger partial charge in [0.2, 0.25) is 5.91 Å². The third kappa shape index (κ3) is 5.53. The van der Waals surface area contributed by atoms with Crippen molar-refractivity contribution in [2.75, 3.05) is 5.33 Å². The Morgan fingerprint density at radius 3 is 2.20 bits per heavy atom. The van der Waals surface area contributed by atoms with Gasteiger partial charge in [0.15, 0.2) is 0 Å². The zero-order valence-corrected chi connectivity index (χ0v) is 12.9. The first kappa shape index (κ1) is 17.0. The van der Waals surface area contributed by atoms with Gasteiger partial charge in [-0.15, -0.1) is 0 Å². The highest BCUT2D eigenvalue weighted by molar-refractivity contribution is 9.09. The van der Waals surface area contributed by atoms with Crippen molar-refractivity contribution in [3.05, 3.63) is 35.4 Å². The van der Waals surface area contributed by atoms with E-state index in [1.54, 1.807) is 0 Å². The highest BCUT2D eigenvalue weighted by Crippen LogP contribution is 2.29. The van der Waals surface area contributed by atoms with Crippen LogP contribution in [0.15, 0.2) is 24.3 Å². The van der Waals surface area contributed by atoms with Crippen LogP contribution in [0, 0.1) is 0 Å². The first-order valence-corrected chi connectivity index (χ1v) is 7.29. The Labute approximate surface area is 124 Å². The maximum atomic E-state index is 12.4. The quantitative estimate of drug-likeness (QED) is 0.800. The third-order valence-electron chi connectivity index (χ3n) is 2.84. The second-order valence-corrected chi connectivity index (χ2v) is 6.04. The van der Waals surface area contributed by atoms with Gasteiger partial charge in [-0.2, -0.15) is 13.2 Å². The summed E-state index contributed by atoms with van der Waals surface area (Å²) in [6.45, 7) is 3.80. The first-order chi connectivity index (χ1) is 9.14. The molecule has 1 N–H and O–H groups in total. The number of rotatable bonds is 5. The molecule has 0 atom stereocenters. The van der Waals surface area contributed by atoms with Crippen LogP contribution in [0.2, 0.25) is 0 Å². The number of nitrogens with one attached hydrogen (secondary N) is 1. The fourth-order valence-corrected chi connectivity index (χ4v) is 2.71. The SMILES string of the molecule is CC(C)(CCBr)NC(=O)Cc1ccc(C(F)(F)F)cc1. The van der Waals surface area contributed by atoms with Gasteiger partial charge >= 0.3 is 6.18 Å². The number of hydrogen-bond donors (Lipinski definition) is 1. The van der Waals surface area contributed by atoms with Crippen molar-refractivity contribution >= 4 is 21.8 Å². The molecule has 0 aliphatic carbocycles. The van der Waals surface area contributed by atoms with E-state index in [0.29, 0.717) is 5.56 Å². The van der Waals surface area contributed by atoms with Gasteiger partial charge in [0.25, 0.3) is 0 Å². The fraction of sp³-hybridized carbons (Fsp3) is 0.500. The van der Waals surface area contributed by atoms with Crippen LogP contribution in [-0.2, 0) is 17.4 Å². The molecule has 0 saturated carbocycles. The van der Waals surface area contributed by atoms with Crippen LogP contribution in [0.1, 0.15) is 31.4 Å². The van der Waals surface area contributed by atoms with Crippen LogP contribution in [0.5, 0.6) is 0 Å². The normalized spacial score (nSPS) is 12.3. The molecule has 0 fully saturated rings. The third-order valence-corrected chi connectivity index (χ3v) is 3.24. The predicted molar refractivity (Wildman–Crippen MR) is 75.8 cm³/mol. The molecule has 6 heteroatoms. The van der Waals surface area contributed by atoms with Gasteiger partial charge in [0, 0.05) is 10.9 Å². The Bertz CT molecular complexity index is 454. The van der Waals surface area contributed by atoms with E-state index in [1.807, 2.05) is 13.8 Å². The van der Waals surface area contributed by atoms with Crippen molar-refractivity contribution in [3.8, 4) is 0 Å². The number of halogens is 4. The number of amides is 1. The van der Waals surface area contributed by atoms with Gasteiger partial charge in [-0.3, -0.25) is 4.79 Å². The molecule has 0 aromatic heterocycles. The Morgan fingerprint density at radius 1 is 1.20 bits per heavy atom. The number of carbonyl (C=O) groups is 1. The van der Waals surface area contributed by atoms with E-state index in [9.17, 15) is 18.0 Å². The molecule has 20 heavy (non-hydrogen) atoms. The molecule has 0 bridgehead atoms. The Morgan fingerprint density at radius 2 is 1.75 bits per heavy atom. The molecule has 0 aliphatic heterocycles. The van der Waals surface area contributed by atoms with Crippen molar-refractivity contribution in [2.45, 2.75) is 38.4 Å². The van der Waals surface area contributed by atoms with Crippen molar-refractivity contribution in [1.29, 1.82) is 0 Å². The minimum atomic E-state index is -4.35. The monoisotopic (exact) mass is 351 g/mol. The summed E-state index contributed by atoms with van der Waals surface area (Å²) < 4.78 is 37.2. The highest BCUT2D eigenvalue weighted by Gasteiger charge is 2.30. The Kier molecular flexibility index (Phi) is 5.62. The molecule has 1 amide bonds. The lowest BCUT2D eigenvalue weighted by Gasteiger charge is -2.25. The van der Waals surface area contributed by atoms with Gasteiger partial charge in [-0.25, -0.2) is 0 Å². The minimum Gasteiger partial charge on any atom is -0.351 e. The molecule has 0 spiro atoms. The van der Waals surface area contributed by atoms with Crippen molar-refractivity contribution < 1.29 is 18.0 Å². The Hall–Kier alpha value is -1.04. The lowest BCUT2D eigenvalue weighted by atomic mass is 10.0. The summed E-state index contributed by atoms with van der Waals surface area (Å²) in [5, 5.41) is 3.62. The van der Waals surface area contributed by atoms with E-state index in [4.69, 9.17) is 0 Å².